The van der Waals surface area contributed by atoms with Crippen molar-refractivity contribution >= 4 is 11.2 Å². The van der Waals surface area contributed by atoms with E-state index in [0.717, 1.165) is 51.1 Å². The van der Waals surface area contributed by atoms with Crippen LogP contribution in [0.5, 0.6) is 0 Å². The Morgan fingerprint density at radius 2 is 2.14 bits per heavy atom. The number of nitrogens with zero attached hydrogens (tertiary/aromatic N) is 2. The lowest BCUT2D eigenvalue weighted by Gasteiger charge is -2.23. The summed E-state index contributed by atoms with van der Waals surface area (Å²) in [4.78, 5) is 19.6. The third-order valence-corrected chi connectivity index (χ3v) is 4.67. The second kappa shape index (κ2) is 5.27. The van der Waals surface area contributed by atoms with E-state index >= 15 is 0 Å². The van der Waals surface area contributed by atoms with Crippen LogP contribution in [0.15, 0.2) is 17.1 Å². The average molecular weight is 288 g/mol. The van der Waals surface area contributed by atoms with Crippen molar-refractivity contribution in [2.24, 2.45) is 0 Å². The van der Waals surface area contributed by atoms with Crippen molar-refractivity contribution in [1.29, 1.82) is 0 Å². The number of imidazole rings is 1. The molecular formula is C15H20N4O2. The van der Waals surface area contributed by atoms with E-state index in [-0.39, 0.29) is 11.7 Å². The van der Waals surface area contributed by atoms with Crippen LogP contribution in [-0.4, -0.2) is 40.8 Å². The summed E-state index contributed by atoms with van der Waals surface area (Å²) in [6.07, 6.45) is 4.90. The van der Waals surface area contributed by atoms with Crippen LogP contribution in [0.2, 0.25) is 0 Å². The zero-order chi connectivity index (χ0) is 14.2. The molecule has 2 aromatic rings. The SMILES string of the molecule is O=c1[nH]c2ncc([C@H]3CCOC3)cc2n1C1CCNCC1. The smallest absolute Gasteiger partial charge is 0.327 e. The molecule has 112 valence electrons. The largest absolute Gasteiger partial charge is 0.381 e. The van der Waals surface area contributed by atoms with Gasteiger partial charge in [0.25, 0.3) is 0 Å². The highest BCUT2D eigenvalue weighted by atomic mass is 16.5. The maximum atomic E-state index is 12.3. The molecule has 2 N–H and O–H groups in total. The van der Waals surface area contributed by atoms with Gasteiger partial charge < -0.3 is 10.1 Å². The lowest BCUT2D eigenvalue weighted by Crippen LogP contribution is -2.33. The summed E-state index contributed by atoms with van der Waals surface area (Å²) >= 11 is 0. The minimum atomic E-state index is -0.0378. The molecule has 0 bridgehead atoms. The standard InChI is InChI=1S/C15H20N4O2/c20-15-18-14-13(19(15)12-1-4-16-5-2-12)7-11(8-17-14)10-3-6-21-9-10/h7-8,10,12,16H,1-6,9H2,(H,17,18,20)/t10-/m0/s1. The summed E-state index contributed by atoms with van der Waals surface area (Å²) in [6.45, 7) is 3.51. The summed E-state index contributed by atoms with van der Waals surface area (Å²) in [5, 5.41) is 3.34. The van der Waals surface area contributed by atoms with Crippen LogP contribution in [0.1, 0.15) is 36.8 Å². The molecule has 2 aromatic heterocycles. The van der Waals surface area contributed by atoms with Crippen LogP contribution in [-0.2, 0) is 4.74 Å². The van der Waals surface area contributed by atoms with Crippen molar-refractivity contribution in [2.45, 2.75) is 31.2 Å². The van der Waals surface area contributed by atoms with Crippen molar-refractivity contribution < 1.29 is 4.74 Å². The topological polar surface area (TPSA) is 71.9 Å². The Morgan fingerprint density at radius 3 is 2.90 bits per heavy atom. The van der Waals surface area contributed by atoms with Gasteiger partial charge in [0.15, 0.2) is 5.65 Å². The lowest BCUT2D eigenvalue weighted by molar-refractivity contribution is 0.194. The lowest BCUT2D eigenvalue weighted by atomic mass is 10.00. The van der Waals surface area contributed by atoms with Gasteiger partial charge in [-0.1, -0.05) is 0 Å². The maximum Gasteiger partial charge on any atom is 0.327 e. The summed E-state index contributed by atoms with van der Waals surface area (Å²) < 4.78 is 7.37. The molecule has 2 saturated heterocycles. The van der Waals surface area contributed by atoms with E-state index in [9.17, 15) is 4.79 Å². The summed E-state index contributed by atoms with van der Waals surface area (Å²) in [7, 11) is 0. The summed E-state index contributed by atoms with van der Waals surface area (Å²) in [5.41, 5.74) is 2.78. The maximum absolute atomic E-state index is 12.3. The van der Waals surface area contributed by atoms with Gasteiger partial charge in [-0.3, -0.25) is 9.55 Å². The Balaban J connectivity index is 1.79. The number of piperidine rings is 1. The van der Waals surface area contributed by atoms with E-state index < -0.39 is 0 Å². The number of hydrogen-bond acceptors (Lipinski definition) is 4. The van der Waals surface area contributed by atoms with Crippen LogP contribution in [0, 0.1) is 0 Å². The van der Waals surface area contributed by atoms with E-state index in [1.54, 1.807) is 0 Å². The molecule has 2 fully saturated rings. The molecule has 2 aliphatic rings. The predicted octanol–water partition coefficient (Wildman–Crippen LogP) is 1.15. The highest BCUT2D eigenvalue weighted by Crippen LogP contribution is 2.28. The molecule has 4 heterocycles. The van der Waals surface area contributed by atoms with Crippen molar-refractivity contribution in [3.63, 3.8) is 0 Å². The Kier molecular flexibility index (Phi) is 3.27. The van der Waals surface area contributed by atoms with Gasteiger partial charge in [-0.05, 0) is 44.0 Å². The highest BCUT2D eigenvalue weighted by Gasteiger charge is 2.23. The fourth-order valence-electron chi connectivity index (χ4n) is 3.47. The molecule has 0 radical (unpaired) electrons. The number of fused-ring (bicyclic) bond motifs is 1. The van der Waals surface area contributed by atoms with Gasteiger partial charge in [0, 0.05) is 24.8 Å². The van der Waals surface area contributed by atoms with Crippen molar-refractivity contribution in [2.75, 3.05) is 26.3 Å². The molecule has 4 rings (SSSR count). The zero-order valence-corrected chi connectivity index (χ0v) is 12.0. The average Bonchev–Trinajstić information content (AvgIpc) is 3.14. The normalized spacial score (nSPS) is 23.9. The van der Waals surface area contributed by atoms with Crippen LogP contribution < -0.4 is 11.0 Å². The monoisotopic (exact) mass is 288 g/mol. The van der Waals surface area contributed by atoms with E-state index in [0.29, 0.717) is 11.6 Å². The van der Waals surface area contributed by atoms with E-state index in [2.05, 4.69) is 21.4 Å². The van der Waals surface area contributed by atoms with Crippen molar-refractivity contribution in [3.8, 4) is 0 Å². The first-order valence-electron chi connectivity index (χ1n) is 7.71. The molecular weight excluding hydrogens is 268 g/mol. The predicted molar refractivity (Wildman–Crippen MR) is 79.7 cm³/mol. The number of hydrogen-bond donors (Lipinski definition) is 2. The van der Waals surface area contributed by atoms with Gasteiger partial charge in [-0.2, -0.15) is 0 Å². The molecule has 0 saturated carbocycles. The third-order valence-electron chi connectivity index (χ3n) is 4.67. The Bertz CT molecular complexity index is 693. The minimum absolute atomic E-state index is 0.0378. The fraction of sp³-hybridized carbons (Fsp3) is 0.600. The Morgan fingerprint density at radius 1 is 1.29 bits per heavy atom. The minimum Gasteiger partial charge on any atom is -0.381 e. The molecule has 6 heteroatoms. The van der Waals surface area contributed by atoms with Crippen LogP contribution >= 0.6 is 0 Å². The number of aromatic nitrogens is 3. The Hall–Kier alpha value is -1.66. The van der Waals surface area contributed by atoms with Gasteiger partial charge in [0.05, 0.1) is 12.1 Å². The van der Waals surface area contributed by atoms with E-state index in [1.165, 1.54) is 5.56 Å². The van der Waals surface area contributed by atoms with Gasteiger partial charge in [-0.25, -0.2) is 9.78 Å². The third kappa shape index (κ3) is 2.28. The van der Waals surface area contributed by atoms with Crippen LogP contribution in [0.25, 0.3) is 11.2 Å². The second-order valence-electron chi connectivity index (χ2n) is 5.98. The van der Waals surface area contributed by atoms with Crippen molar-refractivity contribution in [3.05, 3.63) is 28.3 Å². The molecule has 6 nitrogen and oxygen atoms in total. The first-order valence-corrected chi connectivity index (χ1v) is 7.71. The summed E-state index contributed by atoms with van der Waals surface area (Å²) in [6, 6.07) is 2.39. The van der Waals surface area contributed by atoms with Gasteiger partial charge in [-0.15, -0.1) is 0 Å². The molecule has 2 aliphatic heterocycles. The molecule has 0 spiro atoms. The zero-order valence-electron chi connectivity index (χ0n) is 12.0. The van der Waals surface area contributed by atoms with Gasteiger partial charge in [0.1, 0.15) is 0 Å². The fourth-order valence-corrected chi connectivity index (χ4v) is 3.47. The van der Waals surface area contributed by atoms with Gasteiger partial charge in [0.2, 0.25) is 0 Å². The Labute approximate surface area is 122 Å². The molecule has 1 atom stereocenters. The molecule has 0 aliphatic carbocycles. The number of H-pyrrole nitrogens is 1. The summed E-state index contributed by atoms with van der Waals surface area (Å²) in [5.74, 6) is 0.411. The molecule has 21 heavy (non-hydrogen) atoms. The van der Waals surface area contributed by atoms with E-state index in [4.69, 9.17) is 4.74 Å². The highest BCUT2D eigenvalue weighted by molar-refractivity contribution is 5.71. The van der Waals surface area contributed by atoms with Crippen LogP contribution in [0.3, 0.4) is 0 Å². The van der Waals surface area contributed by atoms with Crippen molar-refractivity contribution in [1.82, 2.24) is 19.9 Å². The molecule has 0 unspecified atom stereocenters. The molecule has 0 amide bonds. The number of pyridine rings is 1. The van der Waals surface area contributed by atoms with E-state index in [1.807, 2.05) is 10.8 Å². The number of aromatic amines is 1. The van der Waals surface area contributed by atoms with Crippen LogP contribution in [0.4, 0.5) is 0 Å². The van der Waals surface area contributed by atoms with Gasteiger partial charge >= 0.3 is 5.69 Å². The number of rotatable bonds is 2. The number of nitrogens with one attached hydrogen (secondary N) is 2. The first-order chi connectivity index (χ1) is 10.3. The molecule has 0 aromatic carbocycles. The number of ether oxygens (including phenoxy) is 1. The second-order valence-corrected chi connectivity index (χ2v) is 5.98. The first kappa shape index (κ1) is 13.0. The quantitative estimate of drug-likeness (QED) is 0.869.